The highest BCUT2D eigenvalue weighted by Crippen LogP contribution is 2.34. The monoisotopic (exact) mass is 448 g/mol. The van der Waals surface area contributed by atoms with Crippen LogP contribution in [0.4, 0.5) is 15.8 Å². The zero-order valence-corrected chi connectivity index (χ0v) is 18.2. The van der Waals surface area contributed by atoms with Gasteiger partial charge in [0.1, 0.15) is 5.82 Å². The quantitative estimate of drug-likeness (QED) is 0.169. The van der Waals surface area contributed by atoms with Gasteiger partial charge in [-0.25, -0.2) is 14.4 Å². The molecule has 6 rings (SSSR count). The number of fused-ring (bicyclic) bond motifs is 7. The van der Waals surface area contributed by atoms with Gasteiger partial charge in [0.25, 0.3) is 0 Å². The van der Waals surface area contributed by atoms with E-state index < -0.39 is 0 Å². The molecule has 1 heterocycles. The average Bonchev–Trinajstić information content (AvgIpc) is 2.84. The molecule has 0 radical (unpaired) electrons. The highest BCUT2D eigenvalue weighted by atomic mass is 32.1. The van der Waals surface area contributed by atoms with Crippen LogP contribution in [0, 0.1) is 5.82 Å². The molecule has 0 fully saturated rings. The lowest BCUT2D eigenvalue weighted by atomic mass is 9.99. The molecule has 0 atom stereocenters. The SMILES string of the molecule is Fc1ccccc1NC(=S)Nc1ccc2nc3c4ccccc4c4ccccc4c3nc2c1. The number of para-hydroxylation sites is 1. The Labute approximate surface area is 194 Å². The fourth-order valence-corrected chi connectivity index (χ4v) is 4.43. The van der Waals surface area contributed by atoms with E-state index in [0.29, 0.717) is 10.8 Å². The Balaban J connectivity index is 1.45. The number of aromatic nitrogens is 2. The molecule has 4 nitrogen and oxygen atoms in total. The number of nitrogens with zero attached hydrogens (tertiary/aromatic N) is 2. The molecule has 33 heavy (non-hydrogen) atoms. The second kappa shape index (κ2) is 7.76. The first kappa shape index (κ1) is 19.5. The predicted octanol–water partition coefficient (Wildman–Crippen LogP) is 7.04. The summed E-state index contributed by atoms with van der Waals surface area (Å²) in [5.74, 6) is -0.364. The second-order valence-electron chi connectivity index (χ2n) is 7.77. The summed E-state index contributed by atoms with van der Waals surface area (Å²) in [6.07, 6.45) is 0. The van der Waals surface area contributed by atoms with Crippen LogP contribution in [0.2, 0.25) is 0 Å². The minimum Gasteiger partial charge on any atom is -0.332 e. The van der Waals surface area contributed by atoms with Gasteiger partial charge >= 0.3 is 0 Å². The number of hydrogen-bond donors (Lipinski definition) is 2. The van der Waals surface area contributed by atoms with Crippen LogP contribution in [0.3, 0.4) is 0 Å². The van der Waals surface area contributed by atoms with Gasteiger partial charge in [0.05, 0.1) is 27.8 Å². The molecule has 0 aliphatic rings. The van der Waals surface area contributed by atoms with E-state index >= 15 is 0 Å². The zero-order valence-electron chi connectivity index (χ0n) is 17.3. The normalized spacial score (nSPS) is 11.3. The molecule has 5 aromatic carbocycles. The van der Waals surface area contributed by atoms with Gasteiger partial charge in [-0.15, -0.1) is 0 Å². The lowest BCUT2D eigenvalue weighted by Crippen LogP contribution is -2.19. The molecule has 0 bridgehead atoms. The summed E-state index contributed by atoms with van der Waals surface area (Å²) in [5.41, 5.74) is 4.35. The van der Waals surface area contributed by atoms with Crippen LogP contribution in [0.25, 0.3) is 43.6 Å². The van der Waals surface area contributed by atoms with Crippen LogP contribution in [0.1, 0.15) is 0 Å². The fraction of sp³-hybridized carbons (Fsp3) is 0. The van der Waals surface area contributed by atoms with Gasteiger partial charge in [0.2, 0.25) is 0 Å². The van der Waals surface area contributed by atoms with E-state index in [9.17, 15) is 4.39 Å². The molecule has 1 aromatic heterocycles. The second-order valence-corrected chi connectivity index (χ2v) is 8.18. The first-order chi connectivity index (χ1) is 16.2. The van der Waals surface area contributed by atoms with Gasteiger partial charge in [-0.05, 0) is 53.3 Å². The smallest absolute Gasteiger partial charge is 0.175 e. The lowest BCUT2D eigenvalue weighted by Gasteiger charge is -2.13. The third-order valence-corrected chi connectivity index (χ3v) is 5.90. The maximum atomic E-state index is 13.9. The molecule has 0 aliphatic carbocycles. The summed E-state index contributed by atoms with van der Waals surface area (Å²) in [6.45, 7) is 0. The summed E-state index contributed by atoms with van der Waals surface area (Å²) < 4.78 is 13.9. The van der Waals surface area contributed by atoms with Crippen molar-refractivity contribution in [1.29, 1.82) is 0 Å². The van der Waals surface area contributed by atoms with E-state index in [2.05, 4.69) is 34.9 Å². The molecule has 6 heteroatoms. The number of benzene rings is 5. The van der Waals surface area contributed by atoms with Crippen molar-refractivity contribution in [2.24, 2.45) is 0 Å². The van der Waals surface area contributed by atoms with E-state index in [1.54, 1.807) is 18.2 Å². The average molecular weight is 449 g/mol. The van der Waals surface area contributed by atoms with Crippen LogP contribution in [0.15, 0.2) is 91.0 Å². The highest BCUT2D eigenvalue weighted by Gasteiger charge is 2.12. The van der Waals surface area contributed by atoms with Crippen LogP contribution in [-0.2, 0) is 0 Å². The van der Waals surface area contributed by atoms with Crippen molar-refractivity contribution in [3.8, 4) is 0 Å². The lowest BCUT2D eigenvalue weighted by molar-refractivity contribution is 0.632. The molecular weight excluding hydrogens is 431 g/mol. The standard InChI is InChI=1S/C27H17FN4S/c28-21-11-5-6-12-22(21)32-27(33)29-16-13-14-23-24(15-16)31-26-20-10-4-2-8-18(20)17-7-1-3-9-19(17)25(26)30-23/h1-15H,(H2,29,32,33). The van der Waals surface area contributed by atoms with E-state index in [1.807, 2.05) is 42.5 Å². The Bertz CT molecular complexity index is 1710. The van der Waals surface area contributed by atoms with Gasteiger partial charge in [-0.1, -0.05) is 60.7 Å². The van der Waals surface area contributed by atoms with Crippen molar-refractivity contribution in [2.45, 2.75) is 0 Å². The Morgan fingerprint density at radius 3 is 1.88 bits per heavy atom. The molecule has 6 aromatic rings. The van der Waals surface area contributed by atoms with E-state index in [-0.39, 0.29) is 5.82 Å². The van der Waals surface area contributed by atoms with Crippen molar-refractivity contribution < 1.29 is 4.39 Å². The highest BCUT2D eigenvalue weighted by molar-refractivity contribution is 7.80. The largest absolute Gasteiger partial charge is 0.332 e. The van der Waals surface area contributed by atoms with E-state index in [1.165, 1.54) is 6.07 Å². The van der Waals surface area contributed by atoms with Crippen molar-refractivity contribution >= 4 is 72.3 Å². The van der Waals surface area contributed by atoms with E-state index in [0.717, 1.165) is 49.3 Å². The van der Waals surface area contributed by atoms with Crippen molar-refractivity contribution in [2.75, 3.05) is 10.6 Å². The summed E-state index contributed by atoms with van der Waals surface area (Å²) >= 11 is 5.37. The minimum atomic E-state index is -0.364. The van der Waals surface area contributed by atoms with E-state index in [4.69, 9.17) is 22.2 Å². The molecule has 0 amide bonds. The molecule has 0 saturated carbocycles. The Morgan fingerprint density at radius 2 is 1.21 bits per heavy atom. The van der Waals surface area contributed by atoms with Gasteiger partial charge in [0, 0.05) is 16.5 Å². The van der Waals surface area contributed by atoms with Gasteiger partial charge < -0.3 is 10.6 Å². The topological polar surface area (TPSA) is 49.8 Å². The van der Waals surface area contributed by atoms with Crippen LogP contribution >= 0.6 is 12.2 Å². The van der Waals surface area contributed by atoms with Gasteiger partial charge in [-0.2, -0.15) is 0 Å². The van der Waals surface area contributed by atoms with Crippen LogP contribution in [-0.4, -0.2) is 15.1 Å². The third-order valence-electron chi connectivity index (χ3n) is 5.70. The first-order valence-corrected chi connectivity index (χ1v) is 10.9. The molecule has 0 unspecified atom stereocenters. The number of hydrogen-bond acceptors (Lipinski definition) is 3. The number of rotatable bonds is 2. The number of anilines is 2. The zero-order chi connectivity index (χ0) is 22.4. The maximum absolute atomic E-state index is 13.9. The molecule has 0 saturated heterocycles. The molecule has 2 N–H and O–H groups in total. The van der Waals surface area contributed by atoms with Gasteiger partial charge in [0.15, 0.2) is 5.11 Å². The fourth-order valence-electron chi connectivity index (χ4n) is 4.20. The number of halogens is 1. The number of thiocarbonyl (C=S) groups is 1. The Hall–Kier alpha value is -4.16. The molecule has 158 valence electrons. The van der Waals surface area contributed by atoms with Crippen molar-refractivity contribution in [3.05, 3.63) is 96.8 Å². The summed E-state index contributed by atoms with van der Waals surface area (Å²) in [7, 11) is 0. The Kier molecular flexibility index (Phi) is 4.59. The van der Waals surface area contributed by atoms with Crippen LogP contribution in [0.5, 0.6) is 0 Å². The van der Waals surface area contributed by atoms with Gasteiger partial charge in [-0.3, -0.25) is 0 Å². The van der Waals surface area contributed by atoms with Crippen molar-refractivity contribution in [1.82, 2.24) is 9.97 Å². The Morgan fingerprint density at radius 1 is 0.636 bits per heavy atom. The molecule has 0 aliphatic heterocycles. The van der Waals surface area contributed by atoms with Crippen LogP contribution < -0.4 is 10.6 Å². The first-order valence-electron chi connectivity index (χ1n) is 10.5. The molecular formula is C27H17FN4S. The predicted molar refractivity (Wildman–Crippen MR) is 138 cm³/mol. The number of nitrogens with one attached hydrogen (secondary N) is 2. The summed E-state index contributed by atoms with van der Waals surface area (Å²) in [4.78, 5) is 9.96. The maximum Gasteiger partial charge on any atom is 0.175 e. The summed E-state index contributed by atoms with van der Waals surface area (Å²) in [6, 6.07) is 28.7. The van der Waals surface area contributed by atoms with Crippen molar-refractivity contribution in [3.63, 3.8) is 0 Å². The third kappa shape index (κ3) is 3.41. The summed E-state index contributed by atoms with van der Waals surface area (Å²) in [5, 5.41) is 10.8. The minimum absolute atomic E-state index is 0.296. The molecule has 0 spiro atoms.